The first-order chi connectivity index (χ1) is 12.1. The molecule has 0 radical (unpaired) electrons. The first-order valence-electron chi connectivity index (χ1n) is 8.34. The van der Waals surface area contributed by atoms with E-state index in [1.807, 2.05) is 98.8 Å². The van der Waals surface area contributed by atoms with Crippen molar-refractivity contribution in [2.45, 2.75) is 13.8 Å². The molecule has 0 heterocycles. The molecule has 3 rings (SSSR count). The number of carbonyl (C=O) groups excluding carboxylic acids is 1. The lowest BCUT2D eigenvalue weighted by atomic mass is 10.0. The van der Waals surface area contributed by atoms with E-state index >= 15 is 0 Å². The van der Waals surface area contributed by atoms with Gasteiger partial charge in [-0.1, -0.05) is 78.4 Å². The van der Waals surface area contributed by atoms with Gasteiger partial charge in [-0.25, -0.2) is 0 Å². The molecule has 2 heteroatoms. The molecular weight excluding hydrogens is 306 g/mol. The number of amides is 1. The summed E-state index contributed by atoms with van der Waals surface area (Å²) in [5, 5.41) is 3.04. The van der Waals surface area contributed by atoms with E-state index in [0.29, 0.717) is 5.57 Å². The molecule has 0 atom stereocenters. The lowest BCUT2D eigenvalue weighted by Crippen LogP contribution is -2.14. The molecule has 3 aromatic rings. The maximum absolute atomic E-state index is 13.0. The van der Waals surface area contributed by atoms with Crippen LogP contribution in [-0.2, 0) is 4.79 Å². The Balaban J connectivity index is 1.99. The van der Waals surface area contributed by atoms with E-state index in [-0.39, 0.29) is 5.91 Å². The quantitative estimate of drug-likeness (QED) is 0.499. The van der Waals surface area contributed by atoms with E-state index in [4.69, 9.17) is 0 Å². The summed E-state index contributed by atoms with van der Waals surface area (Å²) in [5.74, 6) is -0.109. The molecule has 0 aromatic heterocycles. The van der Waals surface area contributed by atoms with Crippen LogP contribution in [0.25, 0.3) is 11.6 Å². The van der Waals surface area contributed by atoms with Crippen molar-refractivity contribution < 1.29 is 4.79 Å². The van der Waals surface area contributed by atoms with Gasteiger partial charge in [0.15, 0.2) is 0 Å². The summed E-state index contributed by atoms with van der Waals surface area (Å²) in [7, 11) is 0. The van der Waals surface area contributed by atoms with Crippen molar-refractivity contribution in [1.29, 1.82) is 0 Å². The molecule has 0 spiro atoms. The number of rotatable bonds is 4. The van der Waals surface area contributed by atoms with Gasteiger partial charge in [0, 0.05) is 11.3 Å². The molecule has 1 amide bonds. The number of hydrogen-bond donors (Lipinski definition) is 1. The Bertz CT molecular complexity index is 893. The molecule has 124 valence electrons. The van der Waals surface area contributed by atoms with Gasteiger partial charge in [0.2, 0.25) is 0 Å². The van der Waals surface area contributed by atoms with E-state index < -0.39 is 0 Å². The highest BCUT2D eigenvalue weighted by atomic mass is 16.1. The van der Waals surface area contributed by atoms with Crippen LogP contribution in [0.5, 0.6) is 0 Å². The lowest BCUT2D eigenvalue weighted by molar-refractivity contribution is -0.111. The molecular formula is C23H21NO. The van der Waals surface area contributed by atoms with Gasteiger partial charge in [0.1, 0.15) is 0 Å². The first kappa shape index (κ1) is 16.7. The Morgan fingerprint density at radius 1 is 0.800 bits per heavy atom. The zero-order valence-corrected chi connectivity index (χ0v) is 14.5. The number of benzene rings is 3. The molecule has 0 aliphatic carbocycles. The van der Waals surface area contributed by atoms with Crippen LogP contribution in [-0.4, -0.2) is 5.91 Å². The Labute approximate surface area is 148 Å². The minimum absolute atomic E-state index is 0.109. The van der Waals surface area contributed by atoms with Gasteiger partial charge in [-0.2, -0.15) is 0 Å². The number of anilines is 1. The van der Waals surface area contributed by atoms with Crippen LogP contribution in [0.2, 0.25) is 0 Å². The predicted molar refractivity (Wildman–Crippen MR) is 105 cm³/mol. The lowest BCUT2D eigenvalue weighted by Gasteiger charge is -2.12. The molecule has 0 unspecified atom stereocenters. The molecule has 0 aliphatic rings. The van der Waals surface area contributed by atoms with E-state index in [2.05, 4.69) is 5.32 Å². The van der Waals surface area contributed by atoms with Gasteiger partial charge in [-0.05, 0) is 42.7 Å². The Morgan fingerprint density at radius 2 is 1.44 bits per heavy atom. The van der Waals surface area contributed by atoms with Crippen molar-refractivity contribution in [2.75, 3.05) is 5.32 Å². The van der Waals surface area contributed by atoms with Gasteiger partial charge >= 0.3 is 0 Å². The summed E-state index contributed by atoms with van der Waals surface area (Å²) in [4.78, 5) is 13.0. The normalized spacial score (nSPS) is 11.2. The summed E-state index contributed by atoms with van der Waals surface area (Å²) < 4.78 is 0. The average molecular weight is 327 g/mol. The van der Waals surface area contributed by atoms with Gasteiger partial charge in [0.05, 0.1) is 0 Å². The van der Waals surface area contributed by atoms with Gasteiger partial charge < -0.3 is 5.32 Å². The Morgan fingerprint density at radius 3 is 2.12 bits per heavy atom. The van der Waals surface area contributed by atoms with E-state index in [1.54, 1.807) is 0 Å². The van der Waals surface area contributed by atoms with Crippen LogP contribution in [0, 0.1) is 13.8 Å². The highest BCUT2D eigenvalue weighted by molar-refractivity contribution is 6.29. The van der Waals surface area contributed by atoms with Crippen LogP contribution in [0.1, 0.15) is 22.3 Å². The number of hydrogen-bond acceptors (Lipinski definition) is 1. The summed E-state index contributed by atoms with van der Waals surface area (Å²) in [6, 6.07) is 25.7. The number of carbonyl (C=O) groups is 1. The fourth-order valence-corrected chi connectivity index (χ4v) is 2.63. The van der Waals surface area contributed by atoms with Crippen LogP contribution >= 0.6 is 0 Å². The first-order valence-corrected chi connectivity index (χ1v) is 8.34. The fraction of sp³-hybridized carbons (Fsp3) is 0.0870. The molecule has 0 fully saturated rings. The smallest absolute Gasteiger partial charge is 0.256 e. The minimum Gasteiger partial charge on any atom is -0.322 e. The van der Waals surface area contributed by atoms with Crippen LogP contribution < -0.4 is 5.32 Å². The Hall–Kier alpha value is -3.13. The third-order valence-corrected chi connectivity index (χ3v) is 4.11. The van der Waals surface area contributed by atoms with E-state index in [9.17, 15) is 4.79 Å². The molecule has 3 aromatic carbocycles. The molecule has 0 aliphatic heterocycles. The van der Waals surface area contributed by atoms with Crippen molar-refractivity contribution in [3.8, 4) is 0 Å². The van der Waals surface area contributed by atoms with E-state index in [0.717, 1.165) is 22.4 Å². The van der Waals surface area contributed by atoms with Crippen molar-refractivity contribution in [2.24, 2.45) is 0 Å². The summed E-state index contributed by atoms with van der Waals surface area (Å²) in [5.41, 5.74) is 5.59. The largest absolute Gasteiger partial charge is 0.322 e. The summed E-state index contributed by atoms with van der Waals surface area (Å²) in [6.07, 6.45) is 1.93. The van der Waals surface area contributed by atoms with Gasteiger partial charge in [-0.3, -0.25) is 4.79 Å². The number of aryl methyl sites for hydroxylation is 2. The topological polar surface area (TPSA) is 29.1 Å². The van der Waals surface area contributed by atoms with Crippen molar-refractivity contribution in [1.82, 2.24) is 0 Å². The SMILES string of the molecule is Cc1ccc(C(=Cc2ccccc2)C(=O)Nc2ccccc2C)cc1. The van der Waals surface area contributed by atoms with Crippen molar-refractivity contribution in [3.63, 3.8) is 0 Å². The van der Waals surface area contributed by atoms with Crippen molar-refractivity contribution in [3.05, 3.63) is 101 Å². The second-order valence-electron chi connectivity index (χ2n) is 6.10. The van der Waals surface area contributed by atoms with Crippen molar-refractivity contribution >= 4 is 23.2 Å². The maximum atomic E-state index is 13.0. The van der Waals surface area contributed by atoms with Crippen LogP contribution in [0.15, 0.2) is 78.9 Å². The summed E-state index contributed by atoms with van der Waals surface area (Å²) in [6.45, 7) is 4.03. The molecule has 0 saturated carbocycles. The molecule has 1 N–H and O–H groups in total. The zero-order chi connectivity index (χ0) is 17.6. The van der Waals surface area contributed by atoms with E-state index in [1.165, 1.54) is 5.56 Å². The summed E-state index contributed by atoms with van der Waals surface area (Å²) >= 11 is 0. The molecule has 0 saturated heterocycles. The predicted octanol–water partition coefficient (Wildman–Crippen LogP) is 5.48. The van der Waals surface area contributed by atoms with Gasteiger partial charge in [0.25, 0.3) is 5.91 Å². The zero-order valence-electron chi connectivity index (χ0n) is 14.5. The second-order valence-corrected chi connectivity index (χ2v) is 6.10. The number of para-hydroxylation sites is 1. The highest BCUT2D eigenvalue weighted by Crippen LogP contribution is 2.22. The van der Waals surface area contributed by atoms with Crippen LogP contribution in [0.4, 0.5) is 5.69 Å². The monoisotopic (exact) mass is 327 g/mol. The minimum atomic E-state index is -0.109. The number of nitrogens with one attached hydrogen (secondary N) is 1. The third kappa shape index (κ3) is 4.24. The third-order valence-electron chi connectivity index (χ3n) is 4.11. The molecule has 0 bridgehead atoms. The second kappa shape index (κ2) is 7.63. The molecule has 2 nitrogen and oxygen atoms in total. The average Bonchev–Trinajstić information content (AvgIpc) is 2.63. The fourth-order valence-electron chi connectivity index (χ4n) is 2.63. The highest BCUT2D eigenvalue weighted by Gasteiger charge is 2.13. The standard InChI is InChI=1S/C23H21NO/c1-17-12-14-20(15-13-17)21(16-19-9-4-3-5-10-19)23(25)24-22-11-7-6-8-18(22)2/h3-16H,1-2H3,(H,24,25). The molecule has 25 heavy (non-hydrogen) atoms. The van der Waals surface area contributed by atoms with Crippen LogP contribution in [0.3, 0.4) is 0 Å². The maximum Gasteiger partial charge on any atom is 0.256 e. The Kier molecular flexibility index (Phi) is 5.10. The van der Waals surface area contributed by atoms with Gasteiger partial charge in [-0.15, -0.1) is 0 Å².